The minimum atomic E-state index is -0.611. The Kier molecular flexibility index (Phi) is 3.95. The number of aliphatic hydroxyl groups is 1. The molecule has 0 radical (unpaired) electrons. The van der Waals surface area contributed by atoms with Crippen LogP contribution in [0.3, 0.4) is 0 Å². The summed E-state index contributed by atoms with van der Waals surface area (Å²) in [7, 11) is 0. The van der Waals surface area contributed by atoms with Gasteiger partial charge in [-0.3, -0.25) is 10.1 Å². The topological polar surface area (TPSA) is 127 Å². The summed E-state index contributed by atoms with van der Waals surface area (Å²) >= 11 is 0. The van der Waals surface area contributed by atoms with Crippen molar-refractivity contribution >= 4 is 17.5 Å². The van der Waals surface area contributed by atoms with E-state index < -0.39 is 11.0 Å². The molecule has 0 aliphatic rings. The van der Waals surface area contributed by atoms with Crippen LogP contribution >= 0.6 is 0 Å². The van der Waals surface area contributed by atoms with Crippen LogP contribution in [-0.2, 0) is 0 Å². The molecule has 0 amide bonds. The molecule has 1 rings (SSSR count). The third-order valence-electron chi connectivity index (χ3n) is 1.96. The normalized spacial score (nSPS) is 12.1. The zero-order valence-electron chi connectivity index (χ0n) is 8.75. The first-order valence-electron chi connectivity index (χ1n) is 4.73. The average molecular weight is 227 g/mol. The Bertz CT molecular complexity index is 384. The van der Waals surface area contributed by atoms with Gasteiger partial charge in [0.15, 0.2) is 0 Å². The van der Waals surface area contributed by atoms with Crippen molar-refractivity contribution in [1.82, 2.24) is 9.97 Å². The molecule has 0 saturated carbocycles. The zero-order chi connectivity index (χ0) is 12.1. The van der Waals surface area contributed by atoms with Crippen molar-refractivity contribution in [3.8, 4) is 0 Å². The monoisotopic (exact) mass is 227 g/mol. The summed E-state index contributed by atoms with van der Waals surface area (Å²) in [5.41, 5.74) is 5.05. The zero-order valence-corrected chi connectivity index (χ0v) is 8.75. The second-order valence-corrected chi connectivity index (χ2v) is 3.16. The summed E-state index contributed by atoms with van der Waals surface area (Å²) in [6, 6.07) is 0. The SMILES string of the molecule is CCC(O)CNc1nc(N)ncc1[N+](=O)[O-]. The van der Waals surface area contributed by atoms with Crippen LogP contribution in [0.2, 0.25) is 0 Å². The van der Waals surface area contributed by atoms with Gasteiger partial charge in [-0.05, 0) is 6.42 Å². The van der Waals surface area contributed by atoms with Crippen LogP contribution in [0.1, 0.15) is 13.3 Å². The summed E-state index contributed by atoms with van der Waals surface area (Å²) in [6.07, 6.45) is 0.987. The van der Waals surface area contributed by atoms with Crippen LogP contribution in [0.5, 0.6) is 0 Å². The fraction of sp³-hybridized carbons (Fsp3) is 0.500. The van der Waals surface area contributed by atoms with Crippen molar-refractivity contribution in [2.75, 3.05) is 17.6 Å². The van der Waals surface area contributed by atoms with Crippen molar-refractivity contribution < 1.29 is 10.0 Å². The molecule has 16 heavy (non-hydrogen) atoms. The summed E-state index contributed by atoms with van der Waals surface area (Å²) in [5, 5.41) is 22.6. The molecule has 0 spiro atoms. The molecule has 1 aromatic rings. The molecule has 1 unspecified atom stereocenters. The van der Waals surface area contributed by atoms with E-state index in [1.807, 2.05) is 0 Å². The Morgan fingerprint density at radius 1 is 1.75 bits per heavy atom. The van der Waals surface area contributed by atoms with Gasteiger partial charge in [0.2, 0.25) is 11.8 Å². The minimum Gasteiger partial charge on any atom is -0.391 e. The number of rotatable bonds is 5. The quantitative estimate of drug-likeness (QED) is 0.482. The van der Waals surface area contributed by atoms with Crippen LogP contribution in [-0.4, -0.2) is 32.6 Å². The fourth-order valence-corrected chi connectivity index (χ4v) is 1.01. The van der Waals surface area contributed by atoms with Crippen LogP contribution in [0.25, 0.3) is 0 Å². The standard InChI is InChI=1S/C8H13N5O3/c1-2-5(14)3-10-7-6(13(15)16)4-11-8(9)12-7/h4-5,14H,2-3H2,1H3,(H3,9,10,11,12). The van der Waals surface area contributed by atoms with E-state index in [1.54, 1.807) is 6.92 Å². The van der Waals surface area contributed by atoms with Crippen molar-refractivity contribution in [3.63, 3.8) is 0 Å². The van der Waals surface area contributed by atoms with Crippen molar-refractivity contribution in [3.05, 3.63) is 16.3 Å². The van der Waals surface area contributed by atoms with E-state index in [0.717, 1.165) is 6.20 Å². The van der Waals surface area contributed by atoms with E-state index in [9.17, 15) is 15.2 Å². The summed E-state index contributed by atoms with van der Waals surface area (Å²) in [6.45, 7) is 1.98. The number of nitrogens with one attached hydrogen (secondary N) is 1. The largest absolute Gasteiger partial charge is 0.391 e. The number of aromatic nitrogens is 2. The number of nitrogen functional groups attached to an aromatic ring is 1. The highest BCUT2D eigenvalue weighted by Gasteiger charge is 2.16. The van der Waals surface area contributed by atoms with Gasteiger partial charge in [0.25, 0.3) is 0 Å². The average Bonchev–Trinajstić information content (AvgIpc) is 2.25. The Hall–Kier alpha value is -1.96. The van der Waals surface area contributed by atoms with E-state index in [0.29, 0.717) is 6.42 Å². The molecule has 1 atom stereocenters. The van der Waals surface area contributed by atoms with Gasteiger partial charge >= 0.3 is 5.69 Å². The second kappa shape index (κ2) is 5.21. The molecule has 0 aliphatic heterocycles. The van der Waals surface area contributed by atoms with E-state index in [1.165, 1.54) is 0 Å². The van der Waals surface area contributed by atoms with E-state index in [2.05, 4.69) is 15.3 Å². The van der Waals surface area contributed by atoms with Gasteiger partial charge < -0.3 is 16.2 Å². The number of hydrogen-bond acceptors (Lipinski definition) is 7. The minimum absolute atomic E-state index is 0.0185. The summed E-state index contributed by atoms with van der Waals surface area (Å²) < 4.78 is 0. The van der Waals surface area contributed by atoms with Crippen LogP contribution < -0.4 is 11.1 Å². The van der Waals surface area contributed by atoms with Gasteiger partial charge in [-0.15, -0.1) is 0 Å². The third-order valence-corrected chi connectivity index (χ3v) is 1.96. The number of nitrogens with two attached hydrogens (primary N) is 1. The van der Waals surface area contributed by atoms with Gasteiger partial charge in [0.1, 0.15) is 6.20 Å². The molecule has 0 aromatic carbocycles. The summed E-state index contributed by atoms with van der Waals surface area (Å²) in [4.78, 5) is 17.3. The highest BCUT2D eigenvalue weighted by atomic mass is 16.6. The Balaban J connectivity index is 2.84. The lowest BCUT2D eigenvalue weighted by molar-refractivity contribution is -0.384. The van der Waals surface area contributed by atoms with Gasteiger partial charge in [-0.2, -0.15) is 4.98 Å². The van der Waals surface area contributed by atoms with E-state index >= 15 is 0 Å². The van der Waals surface area contributed by atoms with Gasteiger partial charge in [0, 0.05) is 6.54 Å². The highest BCUT2D eigenvalue weighted by Crippen LogP contribution is 2.20. The molecule has 4 N–H and O–H groups in total. The highest BCUT2D eigenvalue weighted by molar-refractivity contribution is 5.56. The molecule has 1 aromatic heterocycles. The maximum atomic E-state index is 10.6. The van der Waals surface area contributed by atoms with Crippen LogP contribution in [0.4, 0.5) is 17.5 Å². The van der Waals surface area contributed by atoms with Gasteiger partial charge in [-0.1, -0.05) is 6.92 Å². The number of nitrogens with zero attached hydrogens (tertiary/aromatic N) is 3. The Labute approximate surface area is 91.7 Å². The lowest BCUT2D eigenvalue weighted by Crippen LogP contribution is -2.19. The predicted octanol–water partition coefficient (Wildman–Crippen LogP) is 0.150. The molecule has 0 saturated heterocycles. The molecule has 8 nitrogen and oxygen atoms in total. The molecule has 0 bridgehead atoms. The Morgan fingerprint density at radius 2 is 2.44 bits per heavy atom. The maximum absolute atomic E-state index is 10.6. The first-order chi connectivity index (χ1) is 7.54. The van der Waals surface area contributed by atoms with Gasteiger partial charge in [-0.25, -0.2) is 4.98 Å². The maximum Gasteiger partial charge on any atom is 0.329 e. The van der Waals surface area contributed by atoms with Crippen molar-refractivity contribution in [2.24, 2.45) is 0 Å². The van der Waals surface area contributed by atoms with Crippen LogP contribution in [0, 0.1) is 10.1 Å². The first kappa shape index (κ1) is 12.1. The number of hydrogen-bond donors (Lipinski definition) is 3. The lowest BCUT2D eigenvalue weighted by Gasteiger charge is -2.09. The van der Waals surface area contributed by atoms with E-state index in [-0.39, 0.29) is 24.0 Å². The predicted molar refractivity (Wildman–Crippen MR) is 57.9 cm³/mol. The molecule has 1 heterocycles. The number of aliphatic hydroxyl groups excluding tert-OH is 1. The first-order valence-corrected chi connectivity index (χ1v) is 4.73. The molecule has 0 fully saturated rings. The van der Waals surface area contributed by atoms with Crippen molar-refractivity contribution in [2.45, 2.75) is 19.4 Å². The van der Waals surface area contributed by atoms with Crippen LogP contribution in [0.15, 0.2) is 6.20 Å². The smallest absolute Gasteiger partial charge is 0.329 e. The third kappa shape index (κ3) is 3.02. The van der Waals surface area contributed by atoms with E-state index in [4.69, 9.17) is 5.73 Å². The fourth-order valence-electron chi connectivity index (χ4n) is 1.01. The molecule has 88 valence electrons. The van der Waals surface area contributed by atoms with Crippen molar-refractivity contribution in [1.29, 1.82) is 0 Å². The molecule has 8 heteroatoms. The summed E-state index contributed by atoms with van der Waals surface area (Å²) in [5.74, 6) is -0.0379. The Morgan fingerprint density at radius 3 is 3.00 bits per heavy atom. The number of nitro groups is 1. The number of anilines is 2. The second-order valence-electron chi connectivity index (χ2n) is 3.16. The molecular weight excluding hydrogens is 214 g/mol. The van der Waals surface area contributed by atoms with Gasteiger partial charge in [0.05, 0.1) is 11.0 Å². The molecule has 0 aliphatic carbocycles. The molecular formula is C8H13N5O3. The lowest BCUT2D eigenvalue weighted by atomic mass is 10.3.